The first-order valence-corrected chi connectivity index (χ1v) is 8.75. The maximum absolute atomic E-state index is 6.39. The minimum Gasteiger partial charge on any atom is -0.467 e. The number of benzene rings is 1. The van der Waals surface area contributed by atoms with Crippen molar-refractivity contribution in [1.29, 1.82) is 0 Å². The fraction of sp³-hybridized carbons (Fsp3) is 0.500. The number of hydrogen-bond acceptors (Lipinski definition) is 2. The maximum atomic E-state index is 6.39. The summed E-state index contributed by atoms with van der Waals surface area (Å²) in [7, 11) is 0. The van der Waals surface area contributed by atoms with E-state index in [0.717, 1.165) is 26.2 Å². The largest absolute Gasteiger partial charge is 0.467 e. The van der Waals surface area contributed by atoms with Crippen molar-refractivity contribution in [2.75, 3.05) is 0 Å². The smallest absolute Gasteiger partial charge is 0.184 e. The first kappa shape index (κ1) is 13.3. The molecular weight excluding hydrogens is 404 g/mol. The van der Waals surface area contributed by atoms with E-state index in [0.29, 0.717) is 6.04 Å². The standard InChI is InChI=1S/C14H14Br2N2OS/c1-14-6-11(17-13(20)18(14)8-2-3-8)9-4-7(15)5-10(16)12(9)19-14/h4-5,8,11H,2-3,6H2,1H3,(H,17,20). The van der Waals surface area contributed by atoms with Crippen LogP contribution in [0.15, 0.2) is 21.1 Å². The Morgan fingerprint density at radius 3 is 2.85 bits per heavy atom. The number of rotatable bonds is 1. The molecule has 1 aliphatic carbocycles. The number of nitrogens with zero attached hydrogens (tertiary/aromatic N) is 1. The van der Waals surface area contributed by atoms with Crippen LogP contribution in [-0.2, 0) is 0 Å². The molecule has 2 aliphatic heterocycles. The van der Waals surface area contributed by atoms with Gasteiger partial charge in [-0.1, -0.05) is 15.9 Å². The third kappa shape index (κ3) is 1.91. The molecule has 0 radical (unpaired) electrons. The Labute approximate surface area is 140 Å². The van der Waals surface area contributed by atoms with Gasteiger partial charge in [-0.3, -0.25) is 0 Å². The molecule has 2 unspecified atom stereocenters. The Bertz CT molecular complexity index is 619. The van der Waals surface area contributed by atoms with E-state index in [-0.39, 0.29) is 11.8 Å². The van der Waals surface area contributed by atoms with E-state index in [2.05, 4.69) is 55.1 Å². The van der Waals surface area contributed by atoms with Gasteiger partial charge in [0.05, 0.1) is 10.5 Å². The predicted octanol–water partition coefficient (Wildman–Crippen LogP) is 4.10. The minimum atomic E-state index is -0.336. The summed E-state index contributed by atoms with van der Waals surface area (Å²) in [5.74, 6) is 0.938. The number of nitrogens with one attached hydrogen (secondary N) is 1. The molecule has 1 aromatic carbocycles. The quantitative estimate of drug-likeness (QED) is 0.695. The summed E-state index contributed by atoms with van der Waals surface area (Å²) < 4.78 is 8.43. The van der Waals surface area contributed by atoms with E-state index in [1.807, 2.05) is 6.07 Å². The summed E-state index contributed by atoms with van der Waals surface area (Å²) in [6.07, 6.45) is 3.33. The molecule has 0 aromatic heterocycles. The SMILES string of the molecule is CC12CC(NC(=S)N1C1CC1)c1cc(Br)cc(Br)c1O2. The maximum Gasteiger partial charge on any atom is 0.184 e. The molecule has 2 heterocycles. The first-order chi connectivity index (χ1) is 9.48. The molecule has 1 saturated carbocycles. The second kappa shape index (κ2) is 4.34. The number of ether oxygens (including phenoxy) is 1. The molecule has 0 amide bonds. The lowest BCUT2D eigenvalue weighted by molar-refractivity contribution is -0.0727. The lowest BCUT2D eigenvalue weighted by atomic mass is 9.90. The fourth-order valence-electron chi connectivity index (χ4n) is 3.29. The van der Waals surface area contributed by atoms with Crippen LogP contribution in [0.25, 0.3) is 0 Å². The lowest BCUT2D eigenvalue weighted by Gasteiger charge is -2.52. The zero-order valence-electron chi connectivity index (χ0n) is 11.0. The van der Waals surface area contributed by atoms with Crippen molar-refractivity contribution >= 4 is 49.2 Å². The lowest BCUT2D eigenvalue weighted by Crippen LogP contribution is -2.65. The molecular formula is C14H14Br2N2OS. The Morgan fingerprint density at radius 2 is 2.15 bits per heavy atom. The van der Waals surface area contributed by atoms with Crippen LogP contribution >= 0.6 is 44.1 Å². The molecule has 2 bridgehead atoms. The van der Waals surface area contributed by atoms with Crippen molar-refractivity contribution in [2.24, 2.45) is 0 Å². The van der Waals surface area contributed by atoms with E-state index >= 15 is 0 Å². The van der Waals surface area contributed by atoms with Gasteiger partial charge in [-0.05, 0) is 60.0 Å². The van der Waals surface area contributed by atoms with Crippen molar-refractivity contribution in [3.05, 3.63) is 26.6 Å². The molecule has 106 valence electrons. The Kier molecular flexibility index (Phi) is 2.89. The van der Waals surface area contributed by atoms with E-state index in [1.165, 1.54) is 18.4 Å². The highest BCUT2D eigenvalue weighted by Gasteiger charge is 2.52. The van der Waals surface area contributed by atoms with Crippen molar-refractivity contribution in [2.45, 2.75) is 44.0 Å². The predicted molar refractivity (Wildman–Crippen MR) is 88.8 cm³/mol. The first-order valence-electron chi connectivity index (χ1n) is 6.76. The molecule has 4 rings (SSSR count). The minimum absolute atomic E-state index is 0.222. The highest BCUT2D eigenvalue weighted by Crippen LogP contribution is 2.50. The zero-order valence-corrected chi connectivity index (χ0v) is 14.9. The van der Waals surface area contributed by atoms with Gasteiger partial charge < -0.3 is 15.0 Å². The molecule has 3 nitrogen and oxygen atoms in total. The van der Waals surface area contributed by atoms with Crippen LogP contribution in [0, 0.1) is 0 Å². The Morgan fingerprint density at radius 1 is 1.40 bits per heavy atom. The van der Waals surface area contributed by atoms with Crippen LogP contribution in [0.1, 0.15) is 37.8 Å². The van der Waals surface area contributed by atoms with Gasteiger partial charge in [-0.2, -0.15) is 0 Å². The highest BCUT2D eigenvalue weighted by atomic mass is 79.9. The van der Waals surface area contributed by atoms with Crippen LogP contribution < -0.4 is 10.1 Å². The highest BCUT2D eigenvalue weighted by molar-refractivity contribution is 9.11. The van der Waals surface area contributed by atoms with Crippen LogP contribution in [0.2, 0.25) is 0 Å². The fourth-order valence-corrected chi connectivity index (χ4v) is 5.12. The average Bonchev–Trinajstić information content (AvgIpc) is 3.14. The summed E-state index contributed by atoms with van der Waals surface area (Å²) in [4.78, 5) is 2.26. The zero-order chi connectivity index (χ0) is 14.1. The van der Waals surface area contributed by atoms with Crippen LogP contribution in [-0.4, -0.2) is 21.8 Å². The molecule has 6 heteroatoms. The number of thiocarbonyl (C=S) groups is 1. The van der Waals surface area contributed by atoms with Gasteiger partial charge in [0.2, 0.25) is 0 Å². The third-order valence-corrected chi connectivity index (χ3v) is 5.62. The van der Waals surface area contributed by atoms with Crippen LogP contribution in [0.5, 0.6) is 5.75 Å². The van der Waals surface area contributed by atoms with Gasteiger partial charge in [-0.25, -0.2) is 0 Å². The van der Waals surface area contributed by atoms with Gasteiger partial charge in [0.1, 0.15) is 5.75 Å². The van der Waals surface area contributed by atoms with Gasteiger partial charge >= 0.3 is 0 Å². The number of hydrogen-bond donors (Lipinski definition) is 1. The molecule has 20 heavy (non-hydrogen) atoms. The average molecular weight is 418 g/mol. The van der Waals surface area contributed by atoms with Gasteiger partial charge in [0, 0.05) is 22.5 Å². The second-order valence-corrected chi connectivity index (χ2v) is 8.05. The Hall–Kier alpha value is -0.330. The van der Waals surface area contributed by atoms with Crippen molar-refractivity contribution < 1.29 is 4.74 Å². The van der Waals surface area contributed by atoms with E-state index in [9.17, 15) is 0 Å². The van der Waals surface area contributed by atoms with Gasteiger partial charge in [-0.15, -0.1) is 0 Å². The van der Waals surface area contributed by atoms with E-state index < -0.39 is 0 Å². The summed E-state index contributed by atoms with van der Waals surface area (Å²) >= 11 is 12.7. The monoisotopic (exact) mass is 416 g/mol. The summed E-state index contributed by atoms with van der Waals surface area (Å²) in [5, 5.41) is 4.32. The molecule has 2 fully saturated rings. The molecule has 2 atom stereocenters. The topological polar surface area (TPSA) is 24.5 Å². The molecule has 1 aromatic rings. The van der Waals surface area contributed by atoms with Gasteiger partial charge in [0.25, 0.3) is 0 Å². The van der Waals surface area contributed by atoms with Crippen LogP contribution in [0.3, 0.4) is 0 Å². The Balaban J connectivity index is 1.83. The van der Waals surface area contributed by atoms with Crippen molar-refractivity contribution in [3.8, 4) is 5.75 Å². The summed E-state index contributed by atoms with van der Waals surface area (Å²) in [6.45, 7) is 2.16. The normalized spacial score (nSPS) is 31.4. The second-order valence-electron chi connectivity index (χ2n) is 5.89. The summed E-state index contributed by atoms with van der Waals surface area (Å²) in [5.41, 5.74) is 0.832. The van der Waals surface area contributed by atoms with E-state index in [4.69, 9.17) is 17.0 Å². The van der Waals surface area contributed by atoms with Crippen molar-refractivity contribution in [1.82, 2.24) is 10.2 Å². The number of fused-ring (bicyclic) bond motifs is 4. The third-order valence-electron chi connectivity index (χ3n) is 4.26. The van der Waals surface area contributed by atoms with Crippen LogP contribution in [0.4, 0.5) is 0 Å². The van der Waals surface area contributed by atoms with Crippen molar-refractivity contribution in [3.63, 3.8) is 0 Å². The molecule has 0 spiro atoms. The van der Waals surface area contributed by atoms with Gasteiger partial charge in [0.15, 0.2) is 10.8 Å². The van der Waals surface area contributed by atoms with E-state index in [1.54, 1.807) is 0 Å². The summed E-state index contributed by atoms with van der Waals surface area (Å²) in [6, 6.07) is 4.91. The molecule has 3 aliphatic rings. The molecule has 1 saturated heterocycles. The number of halogens is 2. The molecule has 1 N–H and O–H groups in total.